The molecule has 10 heteroatoms. The highest BCUT2D eigenvalue weighted by Gasteiger charge is 2.23. The Morgan fingerprint density at radius 1 is 1.08 bits per heavy atom. The minimum absolute atomic E-state index is 0.0934. The zero-order valence-electron chi connectivity index (χ0n) is 21.3. The largest absolute Gasteiger partial charge is 0.492 e. The van der Waals surface area contributed by atoms with Gasteiger partial charge in [0.1, 0.15) is 18.5 Å². The highest BCUT2D eigenvalue weighted by Crippen LogP contribution is 2.21. The number of alkyl halides is 2. The van der Waals surface area contributed by atoms with Gasteiger partial charge in [-0.15, -0.1) is 0 Å². The summed E-state index contributed by atoms with van der Waals surface area (Å²) in [6.07, 6.45) is 3.29. The van der Waals surface area contributed by atoms with E-state index in [1.807, 2.05) is 0 Å². The molecule has 36 heavy (non-hydrogen) atoms. The molecule has 1 unspecified atom stereocenters. The molecule has 0 saturated heterocycles. The molecule has 0 heterocycles. The van der Waals surface area contributed by atoms with Gasteiger partial charge in [-0.05, 0) is 57.2 Å². The lowest BCUT2D eigenvalue weighted by Crippen LogP contribution is -2.39. The van der Waals surface area contributed by atoms with Crippen LogP contribution in [0.1, 0.15) is 57.9 Å². The van der Waals surface area contributed by atoms with Gasteiger partial charge < -0.3 is 29.0 Å². The van der Waals surface area contributed by atoms with Gasteiger partial charge in [0, 0.05) is 26.0 Å². The first-order chi connectivity index (χ1) is 17.2. The van der Waals surface area contributed by atoms with E-state index in [4.69, 9.17) is 18.9 Å². The Bertz CT molecular complexity index is 779. The zero-order valence-corrected chi connectivity index (χ0v) is 21.3. The molecule has 1 amide bonds. The number of carbonyl (C=O) groups is 2. The second kappa shape index (κ2) is 15.6. The number of hydrogen-bond acceptors (Lipinski definition) is 6. The minimum Gasteiger partial charge on any atom is -0.492 e. The quantitative estimate of drug-likeness (QED) is 0.312. The van der Waals surface area contributed by atoms with E-state index in [2.05, 4.69) is 0 Å². The van der Waals surface area contributed by atoms with Crippen molar-refractivity contribution in [3.05, 3.63) is 29.8 Å². The average Bonchev–Trinajstić information content (AvgIpc) is 2.83. The summed E-state index contributed by atoms with van der Waals surface area (Å²) in [7, 11) is 0. The monoisotopic (exact) mass is 515 g/mol. The molecule has 1 saturated carbocycles. The standard InChI is InChI=1S/C26H39F2NO7/c1-3-34-23(24(30)31)19-20-9-11-21(12-10-20)35-18-15-29(14-17-33-16-13-26(2,27)28)25(32)36-22-7-5-4-6-8-22/h9-12,22-23H,3-8,13-19H2,1-2H3,(H,30,31). The van der Waals surface area contributed by atoms with Crippen LogP contribution in [0.2, 0.25) is 0 Å². The van der Waals surface area contributed by atoms with E-state index < -0.39 is 24.1 Å². The smallest absolute Gasteiger partial charge is 0.410 e. The SMILES string of the molecule is CCOC(Cc1ccc(OCCN(CCOCCC(C)(F)F)C(=O)OC2CCCCC2)cc1)C(=O)O. The van der Waals surface area contributed by atoms with E-state index >= 15 is 0 Å². The van der Waals surface area contributed by atoms with Crippen molar-refractivity contribution < 1.29 is 42.4 Å². The number of rotatable bonds is 16. The first kappa shape index (κ1) is 29.8. The maximum absolute atomic E-state index is 13.0. The van der Waals surface area contributed by atoms with Crippen molar-refractivity contribution in [1.82, 2.24) is 4.90 Å². The van der Waals surface area contributed by atoms with Crippen molar-refractivity contribution in [3.8, 4) is 5.75 Å². The number of ether oxygens (including phenoxy) is 4. The zero-order chi connectivity index (χ0) is 26.4. The van der Waals surface area contributed by atoms with Gasteiger partial charge in [0.25, 0.3) is 0 Å². The molecule has 0 radical (unpaired) electrons. The molecule has 0 spiro atoms. The number of benzene rings is 1. The van der Waals surface area contributed by atoms with E-state index in [1.54, 1.807) is 31.2 Å². The molecule has 0 aromatic heterocycles. The Kier molecular flexibility index (Phi) is 12.9. The summed E-state index contributed by atoms with van der Waals surface area (Å²) >= 11 is 0. The number of carbonyl (C=O) groups excluding carboxylic acids is 1. The second-order valence-electron chi connectivity index (χ2n) is 9.04. The van der Waals surface area contributed by atoms with Crippen LogP contribution in [0.5, 0.6) is 5.75 Å². The fourth-order valence-electron chi connectivity index (χ4n) is 3.85. The van der Waals surface area contributed by atoms with Gasteiger partial charge in [-0.2, -0.15) is 0 Å². The van der Waals surface area contributed by atoms with Gasteiger partial charge >= 0.3 is 12.1 Å². The van der Waals surface area contributed by atoms with Crippen LogP contribution < -0.4 is 4.74 Å². The van der Waals surface area contributed by atoms with Crippen LogP contribution in [0.15, 0.2) is 24.3 Å². The van der Waals surface area contributed by atoms with E-state index in [9.17, 15) is 23.5 Å². The van der Waals surface area contributed by atoms with Crippen LogP contribution in [0.4, 0.5) is 13.6 Å². The minimum atomic E-state index is -2.79. The van der Waals surface area contributed by atoms with Crippen LogP contribution in [0.3, 0.4) is 0 Å². The highest BCUT2D eigenvalue weighted by molar-refractivity contribution is 5.72. The topological polar surface area (TPSA) is 94.5 Å². The lowest BCUT2D eigenvalue weighted by atomic mass is 9.98. The number of halogens is 2. The Morgan fingerprint density at radius 2 is 1.75 bits per heavy atom. The number of nitrogens with zero attached hydrogens (tertiary/aromatic N) is 1. The summed E-state index contributed by atoms with van der Waals surface area (Å²) in [5.41, 5.74) is 0.802. The maximum atomic E-state index is 13.0. The van der Waals surface area contributed by atoms with Crippen LogP contribution in [0, 0.1) is 0 Å². The van der Waals surface area contributed by atoms with Gasteiger partial charge in [0.2, 0.25) is 5.92 Å². The number of hydrogen-bond donors (Lipinski definition) is 1. The van der Waals surface area contributed by atoms with Crippen LogP contribution in [-0.2, 0) is 25.4 Å². The molecule has 1 aliphatic carbocycles. The maximum Gasteiger partial charge on any atom is 0.410 e. The fourth-order valence-corrected chi connectivity index (χ4v) is 3.85. The summed E-state index contributed by atoms with van der Waals surface area (Å²) < 4.78 is 47.9. The van der Waals surface area contributed by atoms with E-state index in [0.717, 1.165) is 44.6 Å². The molecule has 204 valence electrons. The van der Waals surface area contributed by atoms with Crippen LogP contribution in [-0.4, -0.2) is 79.7 Å². The molecule has 0 aliphatic heterocycles. The number of amides is 1. The molecule has 1 aromatic carbocycles. The first-order valence-electron chi connectivity index (χ1n) is 12.6. The molecule has 1 fully saturated rings. The van der Waals surface area contributed by atoms with Gasteiger partial charge in [-0.3, -0.25) is 0 Å². The third-order valence-corrected chi connectivity index (χ3v) is 5.89. The van der Waals surface area contributed by atoms with Crippen molar-refractivity contribution in [3.63, 3.8) is 0 Å². The Balaban J connectivity index is 1.84. The average molecular weight is 516 g/mol. The lowest BCUT2D eigenvalue weighted by molar-refractivity contribution is -0.149. The summed E-state index contributed by atoms with van der Waals surface area (Å²) in [4.78, 5) is 25.5. The first-order valence-corrected chi connectivity index (χ1v) is 12.6. The van der Waals surface area contributed by atoms with E-state index in [-0.39, 0.29) is 51.9 Å². The fraction of sp³-hybridized carbons (Fsp3) is 0.692. The van der Waals surface area contributed by atoms with Gasteiger partial charge in [-0.25, -0.2) is 18.4 Å². The second-order valence-corrected chi connectivity index (χ2v) is 9.04. The van der Waals surface area contributed by atoms with Crippen LogP contribution >= 0.6 is 0 Å². The number of carboxylic acids is 1. The van der Waals surface area contributed by atoms with Crippen molar-refractivity contribution in [2.24, 2.45) is 0 Å². The molecule has 2 rings (SSSR count). The third-order valence-electron chi connectivity index (χ3n) is 5.89. The molecule has 1 N–H and O–H groups in total. The van der Waals surface area contributed by atoms with Gasteiger partial charge in [-0.1, -0.05) is 18.6 Å². The number of aliphatic carboxylic acids is 1. The molecule has 1 aromatic rings. The summed E-state index contributed by atoms with van der Waals surface area (Å²) in [6.45, 7) is 3.58. The Morgan fingerprint density at radius 3 is 2.36 bits per heavy atom. The molecular weight excluding hydrogens is 476 g/mol. The predicted molar refractivity (Wildman–Crippen MR) is 130 cm³/mol. The molecule has 8 nitrogen and oxygen atoms in total. The Labute approximate surface area is 211 Å². The van der Waals surface area contributed by atoms with E-state index in [1.165, 1.54) is 4.90 Å². The van der Waals surface area contributed by atoms with Gasteiger partial charge in [0.05, 0.1) is 19.8 Å². The predicted octanol–water partition coefficient (Wildman–Crippen LogP) is 4.93. The van der Waals surface area contributed by atoms with Crippen LogP contribution in [0.25, 0.3) is 0 Å². The summed E-state index contributed by atoms with van der Waals surface area (Å²) in [5, 5.41) is 9.23. The van der Waals surface area contributed by atoms with Gasteiger partial charge in [0.15, 0.2) is 6.10 Å². The van der Waals surface area contributed by atoms with Crippen molar-refractivity contribution in [1.29, 1.82) is 0 Å². The highest BCUT2D eigenvalue weighted by atomic mass is 19.3. The molecule has 1 aliphatic rings. The normalized spacial score (nSPS) is 15.3. The third kappa shape index (κ3) is 12.0. The van der Waals surface area contributed by atoms with Crippen molar-refractivity contribution in [2.45, 2.75) is 76.9 Å². The molecule has 0 bridgehead atoms. The summed E-state index contributed by atoms with van der Waals surface area (Å²) in [5.74, 6) is -3.23. The number of carboxylic acid groups (broad SMARTS) is 1. The van der Waals surface area contributed by atoms with Crippen molar-refractivity contribution in [2.75, 3.05) is 39.5 Å². The van der Waals surface area contributed by atoms with Crippen molar-refractivity contribution >= 4 is 12.1 Å². The Hall–Kier alpha value is -2.46. The molecule has 1 atom stereocenters. The molecular formula is C26H39F2NO7. The summed E-state index contributed by atoms with van der Waals surface area (Å²) in [6, 6.07) is 7.02. The lowest BCUT2D eigenvalue weighted by Gasteiger charge is -2.27. The van der Waals surface area contributed by atoms with E-state index in [0.29, 0.717) is 12.4 Å².